The van der Waals surface area contributed by atoms with Gasteiger partial charge in [-0.3, -0.25) is 4.79 Å². The summed E-state index contributed by atoms with van der Waals surface area (Å²) >= 11 is 0. The SMILES string of the molecule is Cc1noc(C)c1CC(=O)N(C)CC1CCN(CCc2cccc(C(F)(F)F)c2)CC1. The molecule has 1 aromatic carbocycles. The van der Waals surface area contributed by atoms with Gasteiger partial charge in [-0.2, -0.15) is 13.2 Å². The summed E-state index contributed by atoms with van der Waals surface area (Å²) in [5.41, 5.74) is 1.74. The van der Waals surface area contributed by atoms with E-state index in [4.69, 9.17) is 4.52 Å². The Balaban J connectivity index is 1.42. The van der Waals surface area contributed by atoms with Crippen molar-refractivity contribution in [2.24, 2.45) is 5.92 Å². The summed E-state index contributed by atoms with van der Waals surface area (Å²) < 4.78 is 43.7. The molecule has 0 spiro atoms. The van der Waals surface area contributed by atoms with E-state index in [-0.39, 0.29) is 5.91 Å². The van der Waals surface area contributed by atoms with Crippen molar-refractivity contribution in [1.82, 2.24) is 15.0 Å². The van der Waals surface area contributed by atoms with Crippen molar-refractivity contribution in [3.05, 3.63) is 52.4 Å². The maximum atomic E-state index is 12.9. The molecule has 1 aliphatic rings. The summed E-state index contributed by atoms with van der Waals surface area (Å²) in [5.74, 6) is 1.18. The quantitative estimate of drug-likeness (QED) is 0.649. The van der Waals surface area contributed by atoms with Gasteiger partial charge >= 0.3 is 6.18 Å². The van der Waals surface area contributed by atoms with E-state index in [2.05, 4.69) is 10.1 Å². The van der Waals surface area contributed by atoms with Crippen LogP contribution in [-0.4, -0.2) is 54.1 Å². The Morgan fingerprint density at radius 3 is 2.58 bits per heavy atom. The number of likely N-dealkylation sites (N-methyl/N-ethyl adjacent to an activating group) is 1. The number of aryl methyl sites for hydroxylation is 2. The topological polar surface area (TPSA) is 49.6 Å². The molecule has 31 heavy (non-hydrogen) atoms. The summed E-state index contributed by atoms with van der Waals surface area (Å²) in [6, 6.07) is 5.58. The van der Waals surface area contributed by atoms with Gasteiger partial charge in [0.2, 0.25) is 5.91 Å². The van der Waals surface area contributed by atoms with Gasteiger partial charge in [0.15, 0.2) is 0 Å². The first-order valence-corrected chi connectivity index (χ1v) is 10.7. The molecule has 1 aliphatic heterocycles. The Kier molecular flexibility index (Phi) is 7.41. The monoisotopic (exact) mass is 437 g/mol. The molecule has 0 N–H and O–H groups in total. The maximum absolute atomic E-state index is 12.9. The van der Waals surface area contributed by atoms with E-state index in [0.29, 0.717) is 36.6 Å². The third-order valence-electron chi connectivity index (χ3n) is 6.15. The van der Waals surface area contributed by atoms with Gasteiger partial charge in [0, 0.05) is 25.7 Å². The van der Waals surface area contributed by atoms with Crippen LogP contribution in [0.25, 0.3) is 0 Å². The zero-order chi connectivity index (χ0) is 22.6. The lowest BCUT2D eigenvalue weighted by atomic mass is 9.95. The van der Waals surface area contributed by atoms with Gasteiger partial charge in [0.25, 0.3) is 0 Å². The fourth-order valence-electron chi connectivity index (χ4n) is 4.11. The molecule has 0 radical (unpaired) electrons. The van der Waals surface area contributed by atoms with Crippen molar-refractivity contribution < 1.29 is 22.5 Å². The van der Waals surface area contributed by atoms with E-state index in [1.807, 2.05) is 20.9 Å². The lowest BCUT2D eigenvalue weighted by Crippen LogP contribution is -2.40. The number of hydrogen-bond acceptors (Lipinski definition) is 4. The molecular formula is C23H30F3N3O2. The number of hydrogen-bond donors (Lipinski definition) is 0. The first-order valence-electron chi connectivity index (χ1n) is 10.7. The van der Waals surface area contributed by atoms with Gasteiger partial charge in [-0.05, 0) is 63.7 Å². The summed E-state index contributed by atoms with van der Waals surface area (Å²) in [4.78, 5) is 16.7. The highest BCUT2D eigenvalue weighted by Crippen LogP contribution is 2.29. The number of nitrogens with zero attached hydrogens (tertiary/aromatic N) is 3. The molecule has 0 saturated carbocycles. The molecule has 3 rings (SSSR count). The van der Waals surface area contributed by atoms with E-state index in [9.17, 15) is 18.0 Å². The number of carbonyl (C=O) groups excluding carboxylic acids is 1. The van der Waals surface area contributed by atoms with Crippen LogP contribution >= 0.6 is 0 Å². The largest absolute Gasteiger partial charge is 0.416 e. The van der Waals surface area contributed by atoms with E-state index in [1.54, 1.807) is 11.0 Å². The second-order valence-electron chi connectivity index (χ2n) is 8.49. The second kappa shape index (κ2) is 9.85. The maximum Gasteiger partial charge on any atom is 0.416 e. The fourth-order valence-corrected chi connectivity index (χ4v) is 4.11. The predicted molar refractivity (Wildman–Crippen MR) is 112 cm³/mol. The number of amides is 1. The summed E-state index contributed by atoms with van der Waals surface area (Å²) in [6.07, 6.45) is -1.45. The first-order chi connectivity index (χ1) is 14.6. The van der Waals surface area contributed by atoms with Crippen LogP contribution in [-0.2, 0) is 23.8 Å². The lowest BCUT2D eigenvalue weighted by molar-refractivity contribution is -0.137. The van der Waals surface area contributed by atoms with Gasteiger partial charge in [-0.25, -0.2) is 0 Å². The third kappa shape index (κ3) is 6.32. The molecule has 2 aromatic rings. The third-order valence-corrected chi connectivity index (χ3v) is 6.15. The Hall–Kier alpha value is -2.35. The van der Waals surface area contributed by atoms with Crippen LogP contribution in [0.15, 0.2) is 28.8 Å². The molecule has 1 aromatic heterocycles. The molecule has 0 unspecified atom stereocenters. The zero-order valence-electron chi connectivity index (χ0n) is 18.3. The normalized spacial score (nSPS) is 15.9. The summed E-state index contributed by atoms with van der Waals surface area (Å²) in [5, 5.41) is 3.90. The van der Waals surface area contributed by atoms with Crippen LogP contribution < -0.4 is 0 Å². The molecule has 170 valence electrons. The molecule has 0 atom stereocenters. The van der Waals surface area contributed by atoms with Gasteiger partial charge in [0.1, 0.15) is 5.76 Å². The number of carbonyl (C=O) groups is 1. The van der Waals surface area contributed by atoms with E-state index < -0.39 is 11.7 Å². The van der Waals surface area contributed by atoms with E-state index >= 15 is 0 Å². The molecule has 1 saturated heterocycles. The predicted octanol–water partition coefficient (Wildman–Crippen LogP) is 4.27. The minimum atomic E-state index is -4.30. The zero-order valence-corrected chi connectivity index (χ0v) is 18.3. The fraction of sp³-hybridized carbons (Fsp3) is 0.565. The Bertz CT molecular complexity index is 867. The standard InChI is InChI=1S/C23H30F3N3O2/c1-16-21(17(2)31-27-16)14-22(30)28(3)15-19-8-11-29(12-9-19)10-7-18-5-4-6-20(13-18)23(24,25)26/h4-6,13,19H,7-12,14-15H2,1-3H3. The van der Waals surface area contributed by atoms with Gasteiger partial charge in [-0.1, -0.05) is 23.4 Å². The summed E-state index contributed by atoms with van der Waals surface area (Å²) in [6.45, 7) is 6.91. The minimum Gasteiger partial charge on any atom is -0.361 e. The van der Waals surface area contributed by atoms with Gasteiger partial charge < -0.3 is 14.3 Å². The van der Waals surface area contributed by atoms with E-state index in [0.717, 1.165) is 49.8 Å². The van der Waals surface area contributed by atoms with Crippen molar-refractivity contribution in [3.8, 4) is 0 Å². The summed E-state index contributed by atoms with van der Waals surface area (Å²) in [7, 11) is 1.83. The average Bonchev–Trinajstić information content (AvgIpc) is 3.05. The van der Waals surface area contributed by atoms with Crippen LogP contribution in [0.4, 0.5) is 13.2 Å². The van der Waals surface area contributed by atoms with Gasteiger partial charge in [0.05, 0.1) is 17.7 Å². The molecule has 1 amide bonds. The lowest BCUT2D eigenvalue weighted by Gasteiger charge is -2.34. The highest BCUT2D eigenvalue weighted by Gasteiger charge is 2.30. The smallest absolute Gasteiger partial charge is 0.361 e. The molecule has 8 heteroatoms. The van der Waals surface area contributed by atoms with Crippen molar-refractivity contribution in [2.45, 2.75) is 45.7 Å². The van der Waals surface area contributed by atoms with Crippen molar-refractivity contribution in [1.29, 1.82) is 0 Å². The van der Waals surface area contributed by atoms with Crippen LogP contribution in [0.3, 0.4) is 0 Å². The highest BCUT2D eigenvalue weighted by atomic mass is 19.4. The number of halogens is 3. The highest BCUT2D eigenvalue weighted by molar-refractivity contribution is 5.79. The Morgan fingerprint density at radius 1 is 1.26 bits per heavy atom. The Morgan fingerprint density at radius 2 is 1.97 bits per heavy atom. The number of likely N-dealkylation sites (tertiary alicyclic amines) is 1. The molecule has 0 bridgehead atoms. The molecule has 2 heterocycles. The molecular weight excluding hydrogens is 407 g/mol. The Labute approximate surface area is 181 Å². The van der Waals surface area contributed by atoms with E-state index in [1.165, 1.54) is 12.1 Å². The first kappa shape index (κ1) is 23.3. The van der Waals surface area contributed by atoms with Crippen molar-refractivity contribution >= 4 is 5.91 Å². The van der Waals surface area contributed by atoms with Crippen LogP contribution in [0.2, 0.25) is 0 Å². The minimum absolute atomic E-state index is 0.0568. The molecule has 5 nitrogen and oxygen atoms in total. The van der Waals surface area contributed by atoms with Crippen molar-refractivity contribution in [3.63, 3.8) is 0 Å². The number of piperidine rings is 1. The van der Waals surface area contributed by atoms with Crippen molar-refractivity contribution in [2.75, 3.05) is 33.2 Å². The second-order valence-corrected chi connectivity index (χ2v) is 8.49. The van der Waals surface area contributed by atoms with Crippen LogP contribution in [0.5, 0.6) is 0 Å². The number of aromatic nitrogens is 1. The average molecular weight is 438 g/mol. The van der Waals surface area contributed by atoms with Gasteiger partial charge in [-0.15, -0.1) is 0 Å². The number of benzene rings is 1. The van der Waals surface area contributed by atoms with Crippen LogP contribution in [0.1, 0.15) is 41.0 Å². The number of rotatable bonds is 7. The molecule has 1 fully saturated rings. The van der Waals surface area contributed by atoms with Crippen LogP contribution in [0, 0.1) is 19.8 Å². The molecule has 0 aliphatic carbocycles. The number of alkyl halides is 3.